The van der Waals surface area contributed by atoms with E-state index in [1.54, 1.807) is 30.5 Å². The van der Waals surface area contributed by atoms with Crippen LogP contribution in [0.1, 0.15) is 41.8 Å². The Bertz CT molecular complexity index is 691. The number of nitrogens with zero attached hydrogens (tertiary/aromatic N) is 1. The number of carbonyl (C=O) groups excluding carboxylic acids is 1. The molecule has 1 amide bonds. The average Bonchev–Trinajstić information content (AvgIpc) is 2.55. The van der Waals surface area contributed by atoms with Crippen LogP contribution in [0.5, 0.6) is 5.75 Å². The second-order valence-electron chi connectivity index (χ2n) is 6.17. The van der Waals surface area contributed by atoms with Gasteiger partial charge in [0.25, 0.3) is 5.91 Å². The Balaban J connectivity index is 1.86. The van der Waals surface area contributed by atoms with Gasteiger partial charge in [0.2, 0.25) is 0 Å². The summed E-state index contributed by atoms with van der Waals surface area (Å²) < 4.78 is 5.64. The molecule has 0 fully saturated rings. The molecular formula is C20H24N2O2. The van der Waals surface area contributed by atoms with Crippen LogP contribution in [0.25, 0.3) is 0 Å². The van der Waals surface area contributed by atoms with Crippen LogP contribution in [0.4, 0.5) is 0 Å². The third-order valence-electron chi connectivity index (χ3n) is 3.50. The first kappa shape index (κ1) is 17.7. The zero-order valence-corrected chi connectivity index (χ0v) is 14.5. The highest BCUT2D eigenvalue weighted by atomic mass is 16.5. The lowest BCUT2D eigenvalue weighted by Crippen LogP contribution is -2.17. The second-order valence-corrected chi connectivity index (χ2v) is 6.17. The third kappa shape index (κ3) is 5.88. The smallest absolute Gasteiger partial charge is 0.271 e. The van der Waals surface area contributed by atoms with Gasteiger partial charge >= 0.3 is 0 Å². The van der Waals surface area contributed by atoms with Crippen molar-refractivity contribution in [1.29, 1.82) is 0 Å². The molecule has 24 heavy (non-hydrogen) atoms. The number of ether oxygens (including phenoxy) is 1. The molecule has 2 aromatic carbocycles. The van der Waals surface area contributed by atoms with Crippen molar-refractivity contribution in [2.75, 3.05) is 6.61 Å². The van der Waals surface area contributed by atoms with E-state index in [9.17, 15) is 4.79 Å². The van der Waals surface area contributed by atoms with Gasteiger partial charge < -0.3 is 4.74 Å². The second kappa shape index (κ2) is 8.87. The van der Waals surface area contributed by atoms with Gasteiger partial charge in [-0.3, -0.25) is 4.79 Å². The molecule has 0 saturated heterocycles. The van der Waals surface area contributed by atoms with Gasteiger partial charge in [0.15, 0.2) is 0 Å². The van der Waals surface area contributed by atoms with Crippen molar-refractivity contribution in [3.63, 3.8) is 0 Å². The standard InChI is InChI=1S/C20H24N2O2/c1-15(2)11-12-24-19-9-7-18(8-10-19)20(23)22-21-14-17-6-4-5-16(3)13-17/h4-10,13-15H,11-12H2,1-3H3,(H,22,23). The molecule has 0 heterocycles. The molecular weight excluding hydrogens is 300 g/mol. The molecule has 0 saturated carbocycles. The van der Waals surface area contributed by atoms with Crippen molar-refractivity contribution in [2.45, 2.75) is 27.2 Å². The van der Waals surface area contributed by atoms with Crippen LogP contribution < -0.4 is 10.2 Å². The summed E-state index contributed by atoms with van der Waals surface area (Å²) in [4.78, 5) is 12.1. The molecule has 0 aliphatic rings. The molecule has 4 heteroatoms. The number of benzene rings is 2. The van der Waals surface area contributed by atoms with E-state index in [1.165, 1.54) is 0 Å². The summed E-state index contributed by atoms with van der Waals surface area (Å²) >= 11 is 0. The molecule has 0 spiro atoms. The number of hydrazone groups is 1. The summed E-state index contributed by atoms with van der Waals surface area (Å²) in [5.74, 6) is 1.14. The van der Waals surface area contributed by atoms with E-state index in [0.717, 1.165) is 23.3 Å². The average molecular weight is 324 g/mol. The Hall–Kier alpha value is -2.62. The SMILES string of the molecule is Cc1cccc(C=NNC(=O)c2ccc(OCCC(C)C)cc2)c1. The molecule has 0 radical (unpaired) electrons. The molecule has 0 aliphatic carbocycles. The lowest BCUT2D eigenvalue weighted by atomic mass is 10.1. The van der Waals surface area contributed by atoms with Crippen LogP contribution in [0.3, 0.4) is 0 Å². The van der Waals surface area contributed by atoms with Gasteiger partial charge in [-0.25, -0.2) is 5.43 Å². The number of hydrogen-bond acceptors (Lipinski definition) is 3. The summed E-state index contributed by atoms with van der Waals surface area (Å²) in [6.07, 6.45) is 2.64. The van der Waals surface area contributed by atoms with Gasteiger partial charge in [0.1, 0.15) is 5.75 Å². The van der Waals surface area contributed by atoms with Crippen LogP contribution in [0, 0.1) is 12.8 Å². The first-order valence-electron chi connectivity index (χ1n) is 8.17. The minimum atomic E-state index is -0.243. The van der Waals surface area contributed by atoms with E-state index in [-0.39, 0.29) is 5.91 Å². The Kier molecular flexibility index (Phi) is 6.55. The number of rotatable bonds is 7. The summed E-state index contributed by atoms with van der Waals surface area (Å²) in [6, 6.07) is 15.0. The highest BCUT2D eigenvalue weighted by molar-refractivity contribution is 5.95. The summed E-state index contributed by atoms with van der Waals surface area (Å²) in [6.45, 7) is 7.02. The Morgan fingerprint density at radius 1 is 1.21 bits per heavy atom. The predicted molar refractivity (Wildman–Crippen MR) is 97.6 cm³/mol. The molecule has 0 atom stereocenters. The van der Waals surface area contributed by atoms with Gasteiger partial charge in [-0.2, -0.15) is 5.10 Å². The highest BCUT2D eigenvalue weighted by Gasteiger charge is 2.04. The maximum atomic E-state index is 12.1. The molecule has 0 aromatic heterocycles. The Morgan fingerprint density at radius 2 is 1.96 bits per heavy atom. The van der Waals surface area contributed by atoms with Crippen LogP contribution in [-0.4, -0.2) is 18.7 Å². The zero-order chi connectivity index (χ0) is 17.4. The van der Waals surface area contributed by atoms with Crippen LogP contribution >= 0.6 is 0 Å². The van der Waals surface area contributed by atoms with E-state index >= 15 is 0 Å². The lowest BCUT2D eigenvalue weighted by molar-refractivity contribution is 0.0955. The predicted octanol–water partition coefficient (Wildman–Crippen LogP) is 4.18. The van der Waals surface area contributed by atoms with Crippen molar-refractivity contribution >= 4 is 12.1 Å². The van der Waals surface area contributed by atoms with E-state index < -0.39 is 0 Å². The Morgan fingerprint density at radius 3 is 2.62 bits per heavy atom. The Labute approximate surface area is 143 Å². The molecule has 0 aliphatic heterocycles. The molecule has 1 N–H and O–H groups in total. The summed E-state index contributed by atoms with van der Waals surface area (Å²) in [5.41, 5.74) is 5.18. The quantitative estimate of drug-likeness (QED) is 0.613. The summed E-state index contributed by atoms with van der Waals surface area (Å²) in [7, 11) is 0. The molecule has 2 aromatic rings. The minimum absolute atomic E-state index is 0.243. The fraction of sp³-hybridized carbons (Fsp3) is 0.300. The number of nitrogens with one attached hydrogen (secondary N) is 1. The normalized spacial score (nSPS) is 11.0. The van der Waals surface area contributed by atoms with Crippen molar-refractivity contribution in [3.8, 4) is 5.75 Å². The molecule has 4 nitrogen and oxygen atoms in total. The highest BCUT2D eigenvalue weighted by Crippen LogP contribution is 2.13. The maximum Gasteiger partial charge on any atom is 0.271 e. The van der Waals surface area contributed by atoms with E-state index in [0.29, 0.717) is 18.1 Å². The zero-order valence-electron chi connectivity index (χ0n) is 14.5. The van der Waals surface area contributed by atoms with Crippen molar-refractivity contribution in [2.24, 2.45) is 11.0 Å². The molecule has 0 unspecified atom stereocenters. The van der Waals surface area contributed by atoms with Gasteiger partial charge in [-0.15, -0.1) is 0 Å². The number of hydrogen-bond donors (Lipinski definition) is 1. The number of carbonyl (C=O) groups is 1. The molecule has 126 valence electrons. The van der Waals surface area contributed by atoms with Gasteiger partial charge in [0, 0.05) is 5.56 Å². The van der Waals surface area contributed by atoms with Crippen LogP contribution in [0.15, 0.2) is 53.6 Å². The fourth-order valence-electron chi connectivity index (χ4n) is 2.10. The van der Waals surface area contributed by atoms with Crippen molar-refractivity contribution in [1.82, 2.24) is 5.43 Å². The monoisotopic (exact) mass is 324 g/mol. The molecule has 0 bridgehead atoms. The van der Waals surface area contributed by atoms with Gasteiger partial charge in [0.05, 0.1) is 12.8 Å². The van der Waals surface area contributed by atoms with E-state index in [1.807, 2.05) is 31.2 Å². The minimum Gasteiger partial charge on any atom is -0.494 e. The summed E-state index contributed by atoms with van der Waals surface area (Å²) in [5, 5.41) is 3.99. The lowest BCUT2D eigenvalue weighted by Gasteiger charge is -2.08. The topological polar surface area (TPSA) is 50.7 Å². The first-order valence-corrected chi connectivity index (χ1v) is 8.17. The van der Waals surface area contributed by atoms with E-state index in [2.05, 4.69) is 24.4 Å². The van der Waals surface area contributed by atoms with Crippen molar-refractivity contribution in [3.05, 3.63) is 65.2 Å². The van der Waals surface area contributed by atoms with Gasteiger partial charge in [-0.05, 0) is 49.1 Å². The fourth-order valence-corrected chi connectivity index (χ4v) is 2.10. The van der Waals surface area contributed by atoms with Crippen LogP contribution in [0.2, 0.25) is 0 Å². The molecule has 2 rings (SSSR count). The van der Waals surface area contributed by atoms with Gasteiger partial charge in [-0.1, -0.05) is 43.7 Å². The third-order valence-corrected chi connectivity index (χ3v) is 3.50. The number of aryl methyl sites for hydroxylation is 1. The first-order chi connectivity index (χ1) is 11.5. The van der Waals surface area contributed by atoms with Crippen LogP contribution in [-0.2, 0) is 0 Å². The van der Waals surface area contributed by atoms with Crippen molar-refractivity contribution < 1.29 is 9.53 Å². The number of amides is 1. The maximum absolute atomic E-state index is 12.1. The largest absolute Gasteiger partial charge is 0.494 e. The van der Waals surface area contributed by atoms with E-state index in [4.69, 9.17) is 4.74 Å².